The van der Waals surface area contributed by atoms with Gasteiger partial charge in [0.05, 0.1) is 12.8 Å². The third-order valence-electron chi connectivity index (χ3n) is 5.27. The van der Waals surface area contributed by atoms with Gasteiger partial charge in [0.1, 0.15) is 5.54 Å². The summed E-state index contributed by atoms with van der Waals surface area (Å²) in [4.78, 5) is 27.8. The molecule has 160 valence electrons. The Labute approximate surface area is 181 Å². The van der Waals surface area contributed by atoms with Gasteiger partial charge in [-0.1, -0.05) is 48.0 Å². The molecule has 1 atom stereocenters. The topological polar surface area (TPSA) is 86.8 Å². The lowest BCUT2D eigenvalue weighted by atomic mass is 9.93. The van der Waals surface area contributed by atoms with E-state index in [-0.39, 0.29) is 19.6 Å². The number of carbonyl (C=O) groups excluding carboxylic acids is 2. The van der Waals surface area contributed by atoms with E-state index in [4.69, 9.17) is 11.6 Å². The molecule has 0 aromatic heterocycles. The van der Waals surface area contributed by atoms with Crippen molar-refractivity contribution in [2.24, 2.45) is 0 Å². The van der Waals surface area contributed by atoms with Crippen LogP contribution in [-0.2, 0) is 26.2 Å². The minimum atomic E-state index is -3.67. The molecule has 1 fully saturated rings. The van der Waals surface area contributed by atoms with Crippen LogP contribution < -0.4 is 10.2 Å². The minimum absolute atomic E-state index is 0.163. The van der Waals surface area contributed by atoms with Crippen LogP contribution in [0.25, 0.3) is 0 Å². The number of nitrogens with zero attached hydrogens (tertiary/aromatic N) is 2. The van der Waals surface area contributed by atoms with Crippen LogP contribution in [0.3, 0.4) is 0 Å². The Balaban J connectivity index is 2.01. The molecule has 0 saturated carbocycles. The zero-order valence-corrected chi connectivity index (χ0v) is 18.6. The van der Waals surface area contributed by atoms with E-state index >= 15 is 0 Å². The highest BCUT2D eigenvalue weighted by molar-refractivity contribution is 7.88. The number of piperazine rings is 1. The molecule has 1 unspecified atom stereocenters. The fourth-order valence-corrected chi connectivity index (χ4v) is 4.58. The predicted molar refractivity (Wildman–Crippen MR) is 117 cm³/mol. The van der Waals surface area contributed by atoms with Crippen LogP contribution in [-0.4, -0.2) is 49.4 Å². The molecule has 7 nitrogen and oxygen atoms in total. The van der Waals surface area contributed by atoms with Gasteiger partial charge in [0.15, 0.2) is 0 Å². The standard InChI is InChI=1S/C21H24ClN3O4S/c1-15-17(22)10-7-11-18(15)25-19(26)13-24(30(3,28)29)14-21(25,2)20(27)23-12-16-8-5-4-6-9-16/h4-11H,12-14H2,1-3H3,(H,23,27). The van der Waals surface area contributed by atoms with Gasteiger partial charge in [0.2, 0.25) is 21.8 Å². The summed E-state index contributed by atoms with van der Waals surface area (Å²) in [5, 5.41) is 3.30. The van der Waals surface area contributed by atoms with Crippen molar-refractivity contribution in [2.75, 3.05) is 24.2 Å². The summed E-state index contributed by atoms with van der Waals surface area (Å²) in [5.74, 6) is -0.943. The largest absolute Gasteiger partial charge is 0.350 e. The molecule has 2 aromatic carbocycles. The van der Waals surface area contributed by atoms with Gasteiger partial charge in [0.25, 0.3) is 0 Å². The van der Waals surface area contributed by atoms with Crippen LogP contribution in [0.5, 0.6) is 0 Å². The first-order valence-electron chi connectivity index (χ1n) is 9.39. The predicted octanol–water partition coefficient (Wildman–Crippen LogP) is 2.33. The number of rotatable bonds is 5. The first-order chi connectivity index (χ1) is 14.0. The van der Waals surface area contributed by atoms with Crippen molar-refractivity contribution in [2.45, 2.75) is 25.9 Å². The Morgan fingerprint density at radius 1 is 1.17 bits per heavy atom. The molecule has 1 saturated heterocycles. The Kier molecular flexibility index (Phi) is 6.21. The lowest BCUT2D eigenvalue weighted by Gasteiger charge is -2.47. The first kappa shape index (κ1) is 22.3. The van der Waals surface area contributed by atoms with Crippen molar-refractivity contribution in [3.63, 3.8) is 0 Å². The number of halogens is 1. The minimum Gasteiger partial charge on any atom is -0.350 e. The number of nitrogens with one attached hydrogen (secondary N) is 1. The van der Waals surface area contributed by atoms with E-state index in [1.807, 2.05) is 30.3 Å². The lowest BCUT2D eigenvalue weighted by molar-refractivity contribution is -0.133. The number of amides is 2. The van der Waals surface area contributed by atoms with Crippen molar-refractivity contribution >= 4 is 39.1 Å². The number of anilines is 1. The molecule has 0 spiro atoms. The van der Waals surface area contributed by atoms with E-state index in [0.717, 1.165) is 16.1 Å². The van der Waals surface area contributed by atoms with Crippen molar-refractivity contribution < 1.29 is 18.0 Å². The van der Waals surface area contributed by atoms with Gasteiger partial charge >= 0.3 is 0 Å². The van der Waals surface area contributed by atoms with Crippen LogP contribution in [0.1, 0.15) is 18.1 Å². The fraction of sp³-hybridized carbons (Fsp3) is 0.333. The molecule has 9 heteroatoms. The second-order valence-corrected chi connectivity index (χ2v) is 9.98. The fourth-order valence-electron chi connectivity index (χ4n) is 3.58. The van der Waals surface area contributed by atoms with Crippen LogP contribution in [0.2, 0.25) is 5.02 Å². The highest BCUT2D eigenvalue weighted by Gasteiger charge is 2.50. The molecule has 1 aliphatic heterocycles. The molecular weight excluding hydrogens is 426 g/mol. The maximum Gasteiger partial charge on any atom is 0.247 e. The summed E-state index contributed by atoms with van der Waals surface area (Å²) in [6.07, 6.45) is 1.03. The molecule has 1 N–H and O–H groups in total. The van der Waals surface area contributed by atoms with Gasteiger partial charge in [-0.3, -0.25) is 14.5 Å². The van der Waals surface area contributed by atoms with Crippen molar-refractivity contribution in [3.05, 3.63) is 64.7 Å². The van der Waals surface area contributed by atoms with Gasteiger partial charge in [0, 0.05) is 23.8 Å². The van der Waals surface area contributed by atoms with E-state index < -0.39 is 27.4 Å². The quantitative estimate of drug-likeness (QED) is 0.759. The summed E-state index contributed by atoms with van der Waals surface area (Å²) in [5.41, 5.74) is 0.560. The third-order valence-corrected chi connectivity index (χ3v) is 6.88. The number of hydrogen-bond acceptors (Lipinski definition) is 4. The van der Waals surface area contributed by atoms with Gasteiger partial charge in [-0.25, -0.2) is 8.42 Å². The molecule has 0 radical (unpaired) electrons. The summed E-state index contributed by atoms with van der Waals surface area (Å²) in [7, 11) is -3.67. The summed E-state index contributed by atoms with van der Waals surface area (Å²) in [6, 6.07) is 14.4. The average Bonchev–Trinajstić information content (AvgIpc) is 2.68. The van der Waals surface area contributed by atoms with Gasteiger partial charge in [-0.05, 0) is 37.1 Å². The van der Waals surface area contributed by atoms with E-state index in [9.17, 15) is 18.0 Å². The first-order valence-corrected chi connectivity index (χ1v) is 11.6. The Morgan fingerprint density at radius 2 is 1.83 bits per heavy atom. The zero-order chi connectivity index (χ0) is 22.1. The molecule has 0 bridgehead atoms. The SMILES string of the molecule is Cc1c(Cl)cccc1N1C(=O)CN(S(C)(=O)=O)CC1(C)C(=O)NCc1ccccc1. The molecular formula is C21H24ClN3O4S. The van der Waals surface area contributed by atoms with Gasteiger partial charge < -0.3 is 5.32 Å². The third kappa shape index (κ3) is 4.35. The second-order valence-electron chi connectivity index (χ2n) is 7.59. The van der Waals surface area contributed by atoms with Gasteiger partial charge in [-0.15, -0.1) is 0 Å². The molecule has 2 aromatic rings. The highest BCUT2D eigenvalue weighted by atomic mass is 35.5. The van der Waals surface area contributed by atoms with E-state index in [1.54, 1.807) is 32.0 Å². The molecule has 1 heterocycles. The van der Waals surface area contributed by atoms with Crippen LogP contribution >= 0.6 is 11.6 Å². The molecule has 1 aliphatic rings. The van der Waals surface area contributed by atoms with E-state index in [0.29, 0.717) is 16.3 Å². The molecule has 0 aliphatic carbocycles. The van der Waals surface area contributed by atoms with Crippen molar-refractivity contribution in [1.82, 2.24) is 9.62 Å². The summed E-state index contributed by atoms with van der Waals surface area (Å²) in [6.45, 7) is 3.08. The van der Waals surface area contributed by atoms with E-state index in [1.165, 1.54) is 4.90 Å². The molecule has 30 heavy (non-hydrogen) atoms. The summed E-state index contributed by atoms with van der Waals surface area (Å²) >= 11 is 6.25. The lowest BCUT2D eigenvalue weighted by Crippen LogP contribution is -2.70. The molecule has 2 amide bonds. The van der Waals surface area contributed by atoms with Crippen molar-refractivity contribution in [3.8, 4) is 0 Å². The number of sulfonamides is 1. The van der Waals surface area contributed by atoms with Crippen LogP contribution in [0.15, 0.2) is 48.5 Å². The zero-order valence-electron chi connectivity index (χ0n) is 17.1. The van der Waals surface area contributed by atoms with E-state index in [2.05, 4.69) is 5.32 Å². The summed E-state index contributed by atoms with van der Waals surface area (Å²) < 4.78 is 25.4. The molecule has 3 rings (SSSR count). The number of carbonyl (C=O) groups is 2. The Bertz CT molecular complexity index is 1070. The smallest absolute Gasteiger partial charge is 0.247 e. The maximum absolute atomic E-state index is 13.3. The van der Waals surface area contributed by atoms with Crippen molar-refractivity contribution in [1.29, 1.82) is 0 Å². The number of hydrogen-bond donors (Lipinski definition) is 1. The number of benzene rings is 2. The van der Waals surface area contributed by atoms with Gasteiger partial charge in [-0.2, -0.15) is 4.31 Å². The van der Waals surface area contributed by atoms with Crippen LogP contribution in [0.4, 0.5) is 5.69 Å². The second kappa shape index (κ2) is 8.37. The maximum atomic E-state index is 13.3. The average molecular weight is 450 g/mol. The van der Waals surface area contributed by atoms with Crippen LogP contribution in [0, 0.1) is 6.92 Å². The Morgan fingerprint density at radius 3 is 2.47 bits per heavy atom. The highest BCUT2D eigenvalue weighted by Crippen LogP contribution is 2.35. The monoisotopic (exact) mass is 449 g/mol. The normalized spacial score (nSPS) is 20.3. The Hall–Kier alpha value is -2.42.